The second kappa shape index (κ2) is 26.8. The molecule has 15 heteroatoms. The van der Waals surface area contributed by atoms with Crippen LogP contribution in [0.15, 0.2) is 0 Å². The molecule has 0 rings (SSSR count). The molecule has 0 saturated carbocycles. The highest BCUT2D eigenvalue weighted by Gasteiger charge is 2.19. The molecule has 0 spiro atoms. The Bertz CT molecular complexity index is 662. The highest BCUT2D eigenvalue weighted by Crippen LogP contribution is 2.08. The Balaban J connectivity index is 3.22. The van der Waals surface area contributed by atoms with Crippen LogP contribution in [0.5, 0.6) is 0 Å². The molecule has 2 amide bonds. The number of likely N-dealkylation sites (N-methyl/N-ethyl adjacent to an activating group) is 1. The molecule has 242 valence electrons. The minimum absolute atomic E-state index is 0.298. The molecule has 0 aromatic heterocycles. The third-order valence-corrected chi connectivity index (χ3v) is 4.54. The van der Waals surface area contributed by atoms with E-state index in [0.717, 1.165) is 0 Å². The molecule has 0 atom stereocenters. The number of carboxylic acids is 1. The van der Waals surface area contributed by atoms with Crippen molar-refractivity contribution in [3.05, 3.63) is 0 Å². The molecule has 0 bridgehead atoms. The quantitative estimate of drug-likeness (QED) is 0.117. The van der Waals surface area contributed by atoms with Gasteiger partial charge in [0.25, 0.3) is 0 Å². The van der Waals surface area contributed by atoms with Crippen LogP contribution < -0.4 is 5.32 Å². The Labute approximate surface area is 242 Å². The summed E-state index contributed by atoms with van der Waals surface area (Å²) >= 11 is 0. The van der Waals surface area contributed by atoms with Gasteiger partial charge in [-0.05, 0) is 20.8 Å². The lowest BCUT2D eigenvalue weighted by Gasteiger charge is -2.24. The monoisotopic (exact) mass is 598 g/mol. The predicted molar refractivity (Wildman–Crippen MR) is 146 cm³/mol. The van der Waals surface area contributed by atoms with Crippen LogP contribution in [0.4, 0.5) is 4.79 Å². The molecule has 0 radical (unpaired) electrons. The molecule has 0 fully saturated rings. The number of hydrogen-bond acceptors (Lipinski definition) is 12. The van der Waals surface area contributed by atoms with Crippen molar-refractivity contribution in [2.45, 2.75) is 26.4 Å². The van der Waals surface area contributed by atoms with Gasteiger partial charge < -0.3 is 58.0 Å². The largest absolute Gasteiger partial charge is 0.480 e. The Kier molecular flexibility index (Phi) is 25.4. The predicted octanol–water partition coefficient (Wildman–Crippen LogP) is 0.187. The molecule has 0 aliphatic rings. The Hall–Kier alpha value is -2.11. The second-order valence-electron chi connectivity index (χ2n) is 9.42. The van der Waals surface area contributed by atoms with Gasteiger partial charge >= 0.3 is 12.1 Å². The lowest BCUT2D eigenvalue weighted by molar-refractivity contribution is -0.143. The second-order valence-corrected chi connectivity index (χ2v) is 9.42. The van der Waals surface area contributed by atoms with E-state index in [1.54, 1.807) is 7.05 Å². The fourth-order valence-electron chi connectivity index (χ4n) is 2.60. The van der Waals surface area contributed by atoms with Gasteiger partial charge in [0, 0.05) is 20.1 Å². The van der Waals surface area contributed by atoms with Crippen LogP contribution in [0.2, 0.25) is 0 Å². The van der Waals surface area contributed by atoms with Gasteiger partial charge in [-0.15, -0.1) is 0 Å². The molecular weight excluding hydrogens is 548 g/mol. The van der Waals surface area contributed by atoms with Crippen molar-refractivity contribution in [2.24, 2.45) is 0 Å². The molecule has 15 nitrogen and oxygen atoms in total. The fourth-order valence-corrected chi connectivity index (χ4v) is 2.60. The summed E-state index contributed by atoms with van der Waals surface area (Å²) in [6.45, 7) is 11.4. The number of amides is 2. The molecule has 0 aromatic rings. The number of hydrogen-bond donors (Lipinski definition) is 2. The molecule has 0 aliphatic heterocycles. The van der Waals surface area contributed by atoms with E-state index in [1.807, 2.05) is 20.8 Å². The van der Waals surface area contributed by atoms with Crippen molar-refractivity contribution in [3.8, 4) is 0 Å². The van der Waals surface area contributed by atoms with Crippen molar-refractivity contribution in [1.82, 2.24) is 10.2 Å². The molecule has 0 aromatic carbocycles. The topological polar surface area (TPSA) is 170 Å². The Morgan fingerprint density at radius 3 is 1.39 bits per heavy atom. The molecular formula is C26H50N2O13. The van der Waals surface area contributed by atoms with E-state index in [1.165, 1.54) is 4.90 Å². The first-order valence-corrected chi connectivity index (χ1v) is 13.7. The number of nitrogens with zero attached hydrogens (tertiary/aromatic N) is 1. The van der Waals surface area contributed by atoms with Gasteiger partial charge in [-0.1, -0.05) is 0 Å². The molecule has 41 heavy (non-hydrogen) atoms. The first-order chi connectivity index (χ1) is 19.6. The average molecular weight is 599 g/mol. The highest BCUT2D eigenvalue weighted by atomic mass is 16.6. The summed E-state index contributed by atoms with van der Waals surface area (Å²) in [4.78, 5) is 34.9. The average Bonchev–Trinajstić information content (AvgIpc) is 2.89. The summed E-state index contributed by atoms with van der Waals surface area (Å²) in [7, 11) is 1.67. The summed E-state index contributed by atoms with van der Waals surface area (Å²) in [5.74, 6) is -1.53. The lowest BCUT2D eigenvalue weighted by Crippen LogP contribution is -2.36. The van der Waals surface area contributed by atoms with Gasteiger partial charge in [-0.3, -0.25) is 4.79 Å². The number of nitrogens with one attached hydrogen (secondary N) is 1. The number of rotatable bonds is 28. The van der Waals surface area contributed by atoms with Crippen molar-refractivity contribution in [3.63, 3.8) is 0 Å². The minimum Gasteiger partial charge on any atom is -0.480 e. The van der Waals surface area contributed by atoms with Crippen molar-refractivity contribution < 1.29 is 62.1 Å². The standard InChI is InChI=1S/C26H50N2O13/c1-26(2,3)41-25(32)28(4)6-8-34-10-12-36-14-16-38-18-20-39-19-17-37-15-13-35-11-9-33-7-5-27-23(29)21-40-22-24(30)31/h5-22H2,1-4H3,(H,27,29)(H,30,31). The van der Waals surface area contributed by atoms with Crippen LogP contribution in [0.1, 0.15) is 20.8 Å². The maximum atomic E-state index is 11.8. The number of carboxylic acid groups (broad SMARTS) is 1. The van der Waals surface area contributed by atoms with Crippen LogP contribution in [0.25, 0.3) is 0 Å². The van der Waals surface area contributed by atoms with E-state index >= 15 is 0 Å². The van der Waals surface area contributed by atoms with Gasteiger partial charge in [0.15, 0.2) is 0 Å². The highest BCUT2D eigenvalue weighted by molar-refractivity contribution is 5.77. The van der Waals surface area contributed by atoms with E-state index in [9.17, 15) is 14.4 Å². The molecule has 0 saturated heterocycles. The van der Waals surface area contributed by atoms with E-state index in [2.05, 4.69) is 10.1 Å². The van der Waals surface area contributed by atoms with Crippen molar-refractivity contribution in [2.75, 3.05) is 126 Å². The van der Waals surface area contributed by atoms with Crippen LogP contribution in [-0.4, -0.2) is 159 Å². The zero-order chi connectivity index (χ0) is 30.6. The first-order valence-electron chi connectivity index (χ1n) is 13.7. The smallest absolute Gasteiger partial charge is 0.410 e. The van der Waals surface area contributed by atoms with E-state index in [0.29, 0.717) is 106 Å². The van der Waals surface area contributed by atoms with Crippen molar-refractivity contribution >= 4 is 18.0 Å². The zero-order valence-electron chi connectivity index (χ0n) is 25.0. The first kappa shape index (κ1) is 38.9. The number of ether oxygens (including phenoxy) is 9. The van der Waals surface area contributed by atoms with Crippen LogP contribution in [0, 0.1) is 0 Å². The SMILES string of the molecule is CN(CCOCCOCCOCCOCCOCCOCCOCCNC(=O)COCC(=O)O)C(=O)OC(C)(C)C. The van der Waals surface area contributed by atoms with Crippen LogP contribution in [0.3, 0.4) is 0 Å². The van der Waals surface area contributed by atoms with E-state index in [-0.39, 0.29) is 12.7 Å². The molecule has 0 aliphatic carbocycles. The zero-order valence-corrected chi connectivity index (χ0v) is 25.0. The minimum atomic E-state index is -1.13. The van der Waals surface area contributed by atoms with Crippen LogP contribution in [-0.2, 0) is 52.2 Å². The van der Waals surface area contributed by atoms with Gasteiger partial charge in [-0.25, -0.2) is 9.59 Å². The normalized spacial score (nSPS) is 11.4. The Morgan fingerprint density at radius 2 is 1.00 bits per heavy atom. The van der Waals surface area contributed by atoms with E-state index in [4.69, 9.17) is 43.0 Å². The van der Waals surface area contributed by atoms with Crippen LogP contribution >= 0.6 is 0 Å². The third kappa shape index (κ3) is 30.7. The maximum Gasteiger partial charge on any atom is 0.410 e. The lowest BCUT2D eigenvalue weighted by atomic mass is 10.2. The summed E-state index contributed by atoms with van der Waals surface area (Å²) in [6.07, 6.45) is -0.375. The van der Waals surface area contributed by atoms with Gasteiger partial charge in [-0.2, -0.15) is 0 Å². The maximum absolute atomic E-state index is 11.8. The summed E-state index contributed by atoms with van der Waals surface area (Å²) in [5, 5.41) is 10.9. The Morgan fingerprint density at radius 1 is 0.610 bits per heavy atom. The molecule has 0 unspecified atom stereocenters. The summed E-state index contributed by atoms with van der Waals surface area (Å²) in [6, 6.07) is 0. The number of aliphatic carboxylic acids is 1. The third-order valence-electron chi connectivity index (χ3n) is 4.54. The fraction of sp³-hybridized carbons (Fsp3) is 0.885. The molecule has 2 N–H and O–H groups in total. The molecule has 0 heterocycles. The summed E-state index contributed by atoms with van der Waals surface area (Å²) in [5.41, 5.74) is -0.518. The number of carbonyl (C=O) groups excluding carboxylic acids is 2. The summed E-state index contributed by atoms with van der Waals surface area (Å²) < 4.78 is 47.8. The van der Waals surface area contributed by atoms with E-state index < -0.39 is 24.1 Å². The van der Waals surface area contributed by atoms with Gasteiger partial charge in [0.05, 0.1) is 92.5 Å². The van der Waals surface area contributed by atoms with Gasteiger partial charge in [0.1, 0.15) is 18.8 Å². The van der Waals surface area contributed by atoms with Gasteiger partial charge in [0.2, 0.25) is 5.91 Å². The number of carbonyl (C=O) groups is 3. The van der Waals surface area contributed by atoms with Crippen molar-refractivity contribution in [1.29, 1.82) is 0 Å².